The van der Waals surface area contributed by atoms with Crippen molar-refractivity contribution < 1.29 is 14.3 Å². The van der Waals surface area contributed by atoms with Gasteiger partial charge in [-0.05, 0) is 37.6 Å². The average molecular weight is 300 g/mol. The van der Waals surface area contributed by atoms with Crippen LogP contribution in [0.5, 0.6) is 0 Å². The number of aromatic nitrogens is 1. The Kier molecular flexibility index (Phi) is 5.09. The number of rotatable bonds is 5. The molecule has 0 unspecified atom stereocenters. The number of hydrogen-bond acceptors (Lipinski definition) is 4. The molecular weight excluding hydrogens is 280 g/mol. The zero-order chi connectivity index (χ0) is 16.1. The summed E-state index contributed by atoms with van der Waals surface area (Å²) in [5.74, 6) is -0.588. The molecule has 0 N–H and O–H groups in total. The van der Waals surface area contributed by atoms with Gasteiger partial charge in [0.2, 0.25) is 0 Å². The van der Waals surface area contributed by atoms with Crippen LogP contribution in [0.1, 0.15) is 29.4 Å². The number of esters is 1. The summed E-state index contributed by atoms with van der Waals surface area (Å²) in [4.78, 5) is 30.0. The number of hydrogen-bond donors (Lipinski definition) is 0. The van der Waals surface area contributed by atoms with Gasteiger partial charge in [0.15, 0.2) is 0 Å². The van der Waals surface area contributed by atoms with Gasteiger partial charge in [-0.25, -0.2) is 0 Å². The Morgan fingerprint density at radius 1 is 1.23 bits per heavy atom. The van der Waals surface area contributed by atoms with Gasteiger partial charge >= 0.3 is 5.97 Å². The molecule has 22 heavy (non-hydrogen) atoms. The summed E-state index contributed by atoms with van der Waals surface area (Å²) in [6.07, 6.45) is 0.775. The summed E-state index contributed by atoms with van der Waals surface area (Å²) >= 11 is 0. The predicted molar refractivity (Wildman–Crippen MR) is 84.7 cm³/mol. The van der Waals surface area contributed by atoms with Gasteiger partial charge in [-0.3, -0.25) is 14.6 Å². The van der Waals surface area contributed by atoms with E-state index in [0.717, 1.165) is 23.0 Å². The number of ether oxygens (including phenoxy) is 1. The second-order valence-electron chi connectivity index (χ2n) is 5.16. The summed E-state index contributed by atoms with van der Waals surface area (Å²) in [5, 5.41) is 0.908. The third kappa shape index (κ3) is 3.61. The van der Waals surface area contributed by atoms with Gasteiger partial charge in [0.1, 0.15) is 6.54 Å². The van der Waals surface area contributed by atoms with Gasteiger partial charge in [0.25, 0.3) is 5.91 Å². The number of amides is 1. The first kappa shape index (κ1) is 15.9. The lowest BCUT2D eigenvalue weighted by Crippen LogP contribution is -2.36. The fraction of sp³-hybridized carbons (Fsp3) is 0.353. The minimum atomic E-state index is -0.417. The molecule has 0 bridgehead atoms. The lowest BCUT2D eigenvalue weighted by molar-refractivity contribution is -0.141. The number of nitrogens with zero attached hydrogens (tertiary/aromatic N) is 2. The Labute approximate surface area is 129 Å². The number of aryl methyl sites for hydroxylation is 1. The van der Waals surface area contributed by atoms with Gasteiger partial charge < -0.3 is 9.64 Å². The van der Waals surface area contributed by atoms with Crippen LogP contribution in [-0.4, -0.2) is 42.0 Å². The molecule has 0 saturated heterocycles. The maximum Gasteiger partial charge on any atom is 0.325 e. The summed E-state index contributed by atoms with van der Waals surface area (Å²) in [6.45, 7) is 4.37. The van der Waals surface area contributed by atoms with Crippen LogP contribution in [0.15, 0.2) is 30.3 Å². The molecule has 2 rings (SSSR count). The summed E-state index contributed by atoms with van der Waals surface area (Å²) < 4.78 is 4.65. The smallest absolute Gasteiger partial charge is 0.325 e. The Morgan fingerprint density at radius 3 is 2.68 bits per heavy atom. The van der Waals surface area contributed by atoms with E-state index in [0.29, 0.717) is 12.1 Å². The molecule has 0 aliphatic carbocycles. The van der Waals surface area contributed by atoms with E-state index < -0.39 is 5.97 Å². The molecule has 0 aliphatic heterocycles. The van der Waals surface area contributed by atoms with Crippen LogP contribution in [0.25, 0.3) is 10.9 Å². The number of carbonyl (C=O) groups excluding carboxylic acids is 2. The lowest BCUT2D eigenvalue weighted by Gasteiger charge is -2.21. The van der Waals surface area contributed by atoms with Crippen molar-refractivity contribution in [3.8, 4) is 0 Å². The fourth-order valence-corrected chi connectivity index (χ4v) is 2.29. The average Bonchev–Trinajstić information content (AvgIpc) is 2.53. The van der Waals surface area contributed by atoms with E-state index in [-0.39, 0.29) is 12.5 Å². The quantitative estimate of drug-likeness (QED) is 0.796. The highest BCUT2D eigenvalue weighted by atomic mass is 16.5. The highest BCUT2D eigenvalue weighted by Gasteiger charge is 2.18. The van der Waals surface area contributed by atoms with E-state index in [2.05, 4.69) is 9.72 Å². The van der Waals surface area contributed by atoms with Crippen molar-refractivity contribution >= 4 is 22.8 Å². The summed E-state index contributed by atoms with van der Waals surface area (Å²) in [7, 11) is 1.32. The first-order valence-corrected chi connectivity index (χ1v) is 7.28. The van der Waals surface area contributed by atoms with Crippen LogP contribution >= 0.6 is 0 Å². The Bertz CT molecular complexity index is 697. The first-order chi connectivity index (χ1) is 10.5. The number of carbonyl (C=O) groups is 2. The van der Waals surface area contributed by atoms with Crippen LogP contribution in [0.4, 0.5) is 0 Å². The van der Waals surface area contributed by atoms with E-state index >= 15 is 0 Å². The Balaban J connectivity index is 2.29. The minimum Gasteiger partial charge on any atom is -0.468 e. The number of fused-ring (bicyclic) bond motifs is 1. The van der Waals surface area contributed by atoms with Crippen LogP contribution in [0, 0.1) is 6.92 Å². The monoisotopic (exact) mass is 300 g/mol. The molecule has 5 heteroatoms. The zero-order valence-corrected chi connectivity index (χ0v) is 13.1. The van der Waals surface area contributed by atoms with Crippen LogP contribution in [0.3, 0.4) is 0 Å². The molecule has 5 nitrogen and oxygen atoms in total. The van der Waals surface area contributed by atoms with E-state index in [1.165, 1.54) is 12.0 Å². The largest absolute Gasteiger partial charge is 0.468 e. The zero-order valence-electron chi connectivity index (χ0n) is 13.1. The van der Waals surface area contributed by atoms with Crippen molar-refractivity contribution in [2.75, 3.05) is 20.2 Å². The maximum atomic E-state index is 12.6. The molecule has 0 radical (unpaired) electrons. The van der Waals surface area contributed by atoms with Gasteiger partial charge in [-0.15, -0.1) is 0 Å². The Morgan fingerprint density at radius 2 is 2.00 bits per heavy atom. The van der Waals surface area contributed by atoms with Crippen molar-refractivity contribution in [3.05, 3.63) is 41.6 Å². The molecule has 1 aromatic heterocycles. The molecule has 1 aromatic carbocycles. The molecule has 0 aliphatic rings. The third-order valence-electron chi connectivity index (χ3n) is 3.40. The Hall–Kier alpha value is -2.43. The summed E-state index contributed by atoms with van der Waals surface area (Å²) in [6, 6.07) is 9.24. The van der Waals surface area contributed by atoms with Crippen molar-refractivity contribution in [2.24, 2.45) is 0 Å². The van der Waals surface area contributed by atoms with Crippen LogP contribution < -0.4 is 0 Å². The molecule has 0 spiro atoms. The lowest BCUT2D eigenvalue weighted by atomic mass is 10.1. The van der Waals surface area contributed by atoms with Crippen molar-refractivity contribution in [2.45, 2.75) is 20.3 Å². The highest BCUT2D eigenvalue weighted by Crippen LogP contribution is 2.16. The third-order valence-corrected chi connectivity index (χ3v) is 3.40. The number of methoxy groups -OCH3 is 1. The first-order valence-electron chi connectivity index (χ1n) is 7.28. The number of benzene rings is 1. The molecule has 1 heterocycles. The van der Waals surface area contributed by atoms with Gasteiger partial charge in [-0.1, -0.05) is 13.0 Å². The van der Waals surface area contributed by atoms with Gasteiger partial charge in [-0.2, -0.15) is 0 Å². The molecule has 0 saturated carbocycles. The topological polar surface area (TPSA) is 59.5 Å². The second-order valence-corrected chi connectivity index (χ2v) is 5.16. The fourth-order valence-electron chi connectivity index (χ4n) is 2.29. The molecule has 1 amide bonds. The van der Waals surface area contributed by atoms with Gasteiger partial charge in [0.05, 0.1) is 12.6 Å². The van der Waals surface area contributed by atoms with Crippen LogP contribution in [0.2, 0.25) is 0 Å². The molecule has 0 atom stereocenters. The van der Waals surface area contributed by atoms with Crippen molar-refractivity contribution in [1.29, 1.82) is 0 Å². The molecule has 0 fully saturated rings. The SMILES string of the molecule is CCCN(CC(=O)OC)C(=O)c1ccc2nc(C)ccc2c1. The minimum absolute atomic E-state index is 0.0344. The van der Waals surface area contributed by atoms with Gasteiger partial charge in [0, 0.05) is 23.2 Å². The second kappa shape index (κ2) is 7.02. The van der Waals surface area contributed by atoms with Crippen LogP contribution in [-0.2, 0) is 9.53 Å². The van der Waals surface area contributed by atoms with E-state index in [1.807, 2.05) is 38.1 Å². The predicted octanol–water partition coefficient (Wildman–Crippen LogP) is 2.57. The highest BCUT2D eigenvalue weighted by molar-refractivity contribution is 5.99. The number of pyridine rings is 1. The van der Waals surface area contributed by atoms with E-state index in [1.54, 1.807) is 6.07 Å². The van der Waals surface area contributed by atoms with Crippen molar-refractivity contribution in [1.82, 2.24) is 9.88 Å². The summed E-state index contributed by atoms with van der Waals surface area (Å²) in [5.41, 5.74) is 2.34. The maximum absolute atomic E-state index is 12.6. The normalized spacial score (nSPS) is 10.5. The molecular formula is C17H20N2O3. The van der Waals surface area contributed by atoms with Crippen molar-refractivity contribution in [3.63, 3.8) is 0 Å². The molecule has 2 aromatic rings. The van der Waals surface area contributed by atoms with E-state index in [9.17, 15) is 9.59 Å². The van der Waals surface area contributed by atoms with E-state index in [4.69, 9.17) is 0 Å². The molecule has 116 valence electrons. The standard InChI is InChI=1S/C17H20N2O3/c1-4-9-19(11-16(20)22-3)17(21)14-7-8-15-13(10-14)6-5-12(2)18-15/h5-8,10H,4,9,11H2,1-3H3.